The average molecular weight is 413 g/mol. The molecule has 0 radical (unpaired) electrons. The molecule has 2 fully saturated rings. The lowest BCUT2D eigenvalue weighted by molar-refractivity contribution is -0.187. The smallest absolute Gasteiger partial charge is 0.255 e. The van der Waals surface area contributed by atoms with Crippen LogP contribution < -0.4 is 0 Å². The van der Waals surface area contributed by atoms with E-state index in [2.05, 4.69) is 0 Å². The van der Waals surface area contributed by atoms with Gasteiger partial charge in [0.25, 0.3) is 5.91 Å². The fraction of sp³-hybridized carbons (Fsp3) is 0.455. The Morgan fingerprint density at radius 2 is 1.86 bits per heavy atom. The van der Waals surface area contributed by atoms with E-state index < -0.39 is 5.79 Å². The Labute approximate surface area is 174 Å². The van der Waals surface area contributed by atoms with Crippen LogP contribution >= 0.6 is 11.3 Å². The van der Waals surface area contributed by atoms with Crippen LogP contribution in [0.15, 0.2) is 41.8 Å². The zero-order valence-electron chi connectivity index (χ0n) is 16.2. The number of amides is 2. The van der Waals surface area contributed by atoms with Gasteiger partial charge in [0.1, 0.15) is 0 Å². The molecule has 152 valence electrons. The Hall–Kier alpha value is -2.22. The molecule has 7 heteroatoms. The first-order chi connectivity index (χ1) is 14.2. The van der Waals surface area contributed by atoms with Crippen molar-refractivity contribution in [2.45, 2.75) is 37.6 Å². The summed E-state index contributed by atoms with van der Waals surface area (Å²) in [7, 11) is 0. The van der Waals surface area contributed by atoms with Gasteiger partial charge in [-0.05, 0) is 23.1 Å². The van der Waals surface area contributed by atoms with E-state index in [1.807, 2.05) is 51.6 Å². The Balaban J connectivity index is 1.31. The van der Waals surface area contributed by atoms with Gasteiger partial charge in [-0.1, -0.05) is 24.3 Å². The summed E-state index contributed by atoms with van der Waals surface area (Å²) in [5, 5.41) is 2.00. The minimum atomic E-state index is -0.490. The van der Waals surface area contributed by atoms with E-state index in [0.717, 1.165) is 16.0 Å². The summed E-state index contributed by atoms with van der Waals surface area (Å²) in [6, 6.07) is 11.5. The van der Waals surface area contributed by atoms with Crippen molar-refractivity contribution in [1.29, 1.82) is 0 Å². The molecule has 0 bridgehead atoms. The fourth-order valence-corrected chi connectivity index (χ4v) is 5.39. The van der Waals surface area contributed by atoms with Crippen LogP contribution in [0.25, 0.3) is 0 Å². The molecular weight excluding hydrogens is 388 g/mol. The number of ether oxygens (including phenoxy) is 2. The van der Waals surface area contributed by atoms with Gasteiger partial charge >= 0.3 is 0 Å². The van der Waals surface area contributed by atoms with Crippen LogP contribution in [0.3, 0.4) is 0 Å². The molecule has 0 aliphatic carbocycles. The summed E-state index contributed by atoms with van der Waals surface area (Å²) in [5.41, 5.74) is 1.78. The van der Waals surface area contributed by atoms with Crippen molar-refractivity contribution in [2.75, 3.05) is 26.3 Å². The van der Waals surface area contributed by atoms with Crippen LogP contribution in [0, 0.1) is 0 Å². The number of benzene rings is 1. The van der Waals surface area contributed by atoms with Crippen molar-refractivity contribution >= 4 is 23.2 Å². The summed E-state index contributed by atoms with van der Waals surface area (Å²) >= 11 is 1.60. The highest BCUT2D eigenvalue weighted by atomic mass is 32.1. The largest absolute Gasteiger partial charge is 0.347 e. The summed E-state index contributed by atoms with van der Waals surface area (Å²) in [6.45, 7) is 3.07. The SMILES string of the molecule is O=C(C[C@@H](c1cccs1)N1Cc2ccccc2C1=O)N1CCC2(CC1)OCCO2. The first-order valence-corrected chi connectivity index (χ1v) is 11.0. The van der Waals surface area contributed by atoms with Crippen LogP contribution in [-0.2, 0) is 20.8 Å². The Bertz CT molecular complexity index is 897. The first-order valence-electron chi connectivity index (χ1n) is 10.1. The quantitative estimate of drug-likeness (QED) is 0.774. The summed E-state index contributed by atoms with van der Waals surface area (Å²) in [6.07, 6.45) is 1.71. The molecular formula is C22H24N2O4S. The molecule has 0 unspecified atom stereocenters. The number of likely N-dealkylation sites (tertiary alicyclic amines) is 1. The van der Waals surface area contributed by atoms with Crippen molar-refractivity contribution < 1.29 is 19.1 Å². The average Bonchev–Trinajstić information content (AvgIpc) is 3.49. The van der Waals surface area contributed by atoms with Gasteiger partial charge in [0.05, 0.1) is 25.7 Å². The monoisotopic (exact) mass is 412 g/mol. The zero-order chi connectivity index (χ0) is 19.8. The van der Waals surface area contributed by atoms with Crippen LogP contribution in [0.5, 0.6) is 0 Å². The lowest BCUT2D eigenvalue weighted by Gasteiger charge is -2.38. The minimum Gasteiger partial charge on any atom is -0.347 e. The van der Waals surface area contributed by atoms with Crippen molar-refractivity contribution in [2.24, 2.45) is 0 Å². The highest BCUT2D eigenvalue weighted by Gasteiger charge is 2.42. The van der Waals surface area contributed by atoms with Crippen molar-refractivity contribution in [3.05, 3.63) is 57.8 Å². The van der Waals surface area contributed by atoms with E-state index in [1.54, 1.807) is 11.3 Å². The third kappa shape index (κ3) is 3.47. The molecule has 0 saturated carbocycles. The first kappa shape index (κ1) is 18.8. The molecule has 2 amide bonds. The van der Waals surface area contributed by atoms with Gasteiger partial charge in [0, 0.05) is 42.9 Å². The van der Waals surface area contributed by atoms with E-state index in [1.165, 1.54) is 0 Å². The lowest BCUT2D eigenvalue weighted by atomic mass is 10.0. The Kier molecular flexibility index (Phi) is 4.89. The number of rotatable bonds is 4. The van der Waals surface area contributed by atoms with Crippen molar-refractivity contribution in [3.8, 4) is 0 Å². The van der Waals surface area contributed by atoms with Gasteiger partial charge in [-0.25, -0.2) is 0 Å². The van der Waals surface area contributed by atoms with E-state index in [9.17, 15) is 9.59 Å². The van der Waals surface area contributed by atoms with Gasteiger partial charge in [-0.15, -0.1) is 11.3 Å². The molecule has 1 aromatic heterocycles. The number of piperidine rings is 1. The summed E-state index contributed by atoms with van der Waals surface area (Å²) in [5.74, 6) is -0.395. The summed E-state index contributed by atoms with van der Waals surface area (Å²) in [4.78, 5) is 31.0. The maximum absolute atomic E-state index is 13.2. The number of hydrogen-bond acceptors (Lipinski definition) is 5. The molecule has 2 aromatic rings. The molecule has 1 spiro atoms. The topological polar surface area (TPSA) is 59.1 Å². The van der Waals surface area contributed by atoms with Crippen LogP contribution in [0.2, 0.25) is 0 Å². The van der Waals surface area contributed by atoms with Crippen LogP contribution in [-0.4, -0.2) is 53.7 Å². The number of thiophene rings is 1. The third-order valence-electron chi connectivity index (χ3n) is 6.16. The van der Waals surface area contributed by atoms with Gasteiger partial charge in [-0.2, -0.15) is 0 Å². The molecule has 4 heterocycles. The molecule has 29 heavy (non-hydrogen) atoms. The maximum atomic E-state index is 13.2. The Morgan fingerprint density at radius 3 is 2.55 bits per heavy atom. The zero-order valence-corrected chi connectivity index (χ0v) is 17.0. The normalized spacial score (nSPS) is 21.6. The second-order valence-electron chi connectivity index (χ2n) is 7.81. The van der Waals surface area contributed by atoms with E-state index >= 15 is 0 Å². The van der Waals surface area contributed by atoms with Crippen molar-refractivity contribution in [1.82, 2.24) is 9.80 Å². The van der Waals surface area contributed by atoms with Gasteiger partial charge in [0.2, 0.25) is 5.91 Å². The minimum absolute atomic E-state index is 0.0113. The fourth-order valence-electron chi connectivity index (χ4n) is 4.55. The number of carbonyl (C=O) groups excluding carboxylic acids is 2. The highest BCUT2D eigenvalue weighted by Crippen LogP contribution is 2.37. The molecule has 3 aliphatic heterocycles. The van der Waals surface area contributed by atoms with E-state index in [-0.39, 0.29) is 17.9 Å². The molecule has 6 nitrogen and oxygen atoms in total. The van der Waals surface area contributed by atoms with Gasteiger partial charge in [0.15, 0.2) is 5.79 Å². The van der Waals surface area contributed by atoms with Crippen molar-refractivity contribution in [3.63, 3.8) is 0 Å². The number of hydrogen-bond donors (Lipinski definition) is 0. The lowest BCUT2D eigenvalue weighted by Crippen LogP contribution is -2.48. The van der Waals surface area contributed by atoms with Crippen LogP contribution in [0.1, 0.15) is 46.1 Å². The summed E-state index contributed by atoms with van der Waals surface area (Å²) < 4.78 is 11.5. The molecule has 1 aromatic carbocycles. The Morgan fingerprint density at radius 1 is 1.10 bits per heavy atom. The molecule has 5 rings (SSSR count). The number of carbonyl (C=O) groups is 2. The van der Waals surface area contributed by atoms with Gasteiger partial charge in [-0.3, -0.25) is 9.59 Å². The number of fused-ring (bicyclic) bond motifs is 1. The predicted octanol–water partition coefficient (Wildman–Crippen LogP) is 3.20. The second kappa shape index (κ2) is 7.55. The molecule has 3 aliphatic rings. The molecule has 0 N–H and O–H groups in total. The van der Waals surface area contributed by atoms with E-state index in [0.29, 0.717) is 52.1 Å². The second-order valence-corrected chi connectivity index (χ2v) is 8.79. The predicted molar refractivity (Wildman–Crippen MR) is 108 cm³/mol. The number of nitrogens with zero attached hydrogens (tertiary/aromatic N) is 2. The van der Waals surface area contributed by atoms with Crippen LogP contribution in [0.4, 0.5) is 0 Å². The van der Waals surface area contributed by atoms with E-state index in [4.69, 9.17) is 9.47 Å². The standard InChI is InChI=1S/C22H24N2O4S/c25-20(23-9-7-22(8-10-23)27-11-12-28-22)14-18(19-6-3-13-29-19)24-15-16-4-1-2-5-17(16)21(24)26/h1-6,13,18H,7-12,14-15H2/t18-/m0/s1. The highest BCUT2D eigenvalue weighted by molar-refractivity contribution is 7.10. The van der Waals surface area contributed by atoms with Gasteiger partial charge < -0.3 is 19.3 Å². The maximum Gasteiger partial charge on any atom is 0.255 e. The molecule has 2 saturated heterocycles. The molecule has 1 atom stereocenters. The third-order valence-corrected chi connectivity index (χ3v) is 7.13.